The van der Waals surface area contributed by atoms with Crippen LogP contribution in [0.25, 0.3) is 0 Å². The molecule has 1 heterocycles. The number of aryl methyl sites for hydroxylation is 1. The summed E-state index contributed by atoms with van der Waals surface area (Å²) in [7, 11) is 0. The van der Waals surface area contributed by atoms with E-state index in [0.717, 1.165) is 27.8 Å². The first kappa shape index (κ1) is 27.5. The van der Waals surface area contributed by atoms with Crippen LogP contribution in [0.1, 0.15) is 40.2 Å². The Morgan fingerprint density at radius 1 is 0.769 bits per heavy atom. The van der Waals surface area contributed by atoms with Crippen LogP contribution in [0.2, 0.25) is 0 Å². The average molecular weight is 523 g/mol. The zero-order valence-electron chi connectivity index (χ0n) is 21.8. The first-order valence-electron chi connectivity index (χ1n) is 13.1. The van der Waals surface area contributed by atoms with Crippen LogP contribution in [0.3, 0.4) is 0 Å². The lowest BCUT2D eigenvalue weighted by Crippen LogP contribution is -2.48. The SMILES string of the molecule is Nc1cc(CCC(NC(=O)C(c2ccccc2)c2ccccc2)C(=O)NCc2ccc(CCO)cc2)ccn1. The Labute approximate surface area is 229 Å². The summed E-state index contributed by atoms with van der Waals surface area (Å²) in [6.07, 6.45) is 3.17. The predicted octanol–water partition coefficient (Wildman–Crippen LogP) is 3.76. The maximum atomic E-state index is 13.8. The molecule has 2 amide bonds. The van der Waals surface area contributed by atoms with E-state index in [0.29, 0.717) is 31.6 Å². The number of aliphatic hydroxyl groups excluding tert-OH is 1. The number of nitrogen functional groups attached to an aromatic ring is 1. The Balaban J connectivity index is 1.52. The highest BCUT2D eigenvalue weighted by Gasteiger charge is 2.27. The van der Waals surface area contributed by atoms with Crippen LogP contribution in [-0.2, 0) is 29.0 Å². The van der Waals surface area contributed by atoms with E-state index in [-0.39, 0.29) is 18.4 Å². The lowest BCUT2D eigenvalue weighted by molar-refractivity contribution is -0.129. The number of hydrogen-bond acceptors (Lipinski definition) is 5. The molecule has 0 aliphatic rings. The van der Waals surface area contributed by atoms with Crippen molar-refractivity contribution in [2.24, 2.45) is 0 Å². The molecule has 1 aromatic heterocycles. The number of amides is 2. The molecule has 0 saturated carbocycles. The van der Waals surface area contributed by atoms with E-state index in [4.69, 9.17) is 10.8 Å². The third-order valence-corrected chi connectivity index (χ3v) is 6.62. The highest BCUT2D eigenvalue weighted by molar-refractivity contribution is 5.92. The minimum absolute atomic E-state index is 0.0908. The zero-order valence-corrected chi connectivity index (χ0v) is 21.8. The highest BCUT2D eigenvalue weighted by Crippen LogP contribution is 2.25. The number of nitrogens with zero attached hydrogens (tertiary/aromatic N) is 1. The topological polar surface area (TPSA) is 117 Å². The van der Waals surface area contributed by atoms with Gasteiger partial charge < -0.3 is 21.5 Å². The fourth-order valence-corrected chi connectivity index (χ4v) is 4.54. The van der Waals surface area contributed by atoms with Gasteiger partial charge >= 0.3 is 0 Å². The van der Waals surface area contributed by atoms with E-state index < -0.39 is 12.0 Å². The van der Waals surface area contributed by atoms with Gasteiger partial charge in [-0.3, -0.25) is 9.59 Å². The smallest absolute Gasteiger partial charge is 0.242 e. The summed E-state index contributed by atoms with van der Waals surface area (Å²) in [6.45, 7) is 0.418. The van der Waals surface area contributed by atoms with Crippen molar-refractivity contribution < 1.29 is 14.7 Å². The molecule has 4 aromatic rings. The summed E-state index contributed by atoms with van der Waals surface area (Å²) in [6, 6.07) is 29.8. The van der Waals surface area contributed by atoms with Crippen molar-refractivity contribution in [3.05, 3.63) is 131 Å². The van der Waals surface area contributed by atoms with E-state index in [2.05, 4.69) is 15.6 Å². The van der Waals surface area contributed by atoms with Crippen molar-refractivity contribution in [2.75, 3.05) is 12.3 Å². The van der Waals surface area contributed by atoms with Gasteiger partial charge in [0.05, 0.1) is 5.92 Å². The number of carbonyl (C=O) groups excluding carboxylic acids is 2. The van der Waals surface area contributed by atoms with Gasteiger partial charge in [0.25, 0.3) is 0 Å². The second-order valence-corrected chi connectivity index (χ2v) is 9.45. The number of nitrogens with two attached hydrogens (primary N) is 1. The molecule has 4 rings (SSSR count). The first-order chi connectivity index (χ1) is 19.0. The lowest BCUT2D eigenvalue weighted by atomic mass is 9.90. The Morgan fingerprint density at radius 3 is 1.97 bits per heavy atom. The van der Waals surface area contributed by atoms with Gasteiger partial charge in [0.15, 0.2) is 0 Å². The Kier molecular flexibility index (Phi) is 9.80. The van der Waals surface area contributed by atoms with Gasteiger partial charge in [-0.15, -0.1) is 0 Å². The van der Waals surface area contributed by atoms with Crippen molar-refractivity contribution in [2.45, 2.75) is 37.8 Å². The van der Waals surface area contributed by atoms with Crippen molar-refractivity contribution in [1.82, 2.24) is 15.6 Å². The summed E-state index contributed by atoms with van der Waals surface area (Å²) in [5.41, 5.74) is 10.5. The van der Waals surface area contributed by atoms with Gasteiger partial charge in [0.2, 0.25) is 11.8 Å². The molecule has 0 spiro atoms. The number of hydrogen-bond donors (Lipinski definition) is 4. The molecule has 3 aromatic carbocycles. The number of carbonyl (C=O) groups is 2. The minimum Gasteiger partial charge on any atom is -0.396 e. The third kappa shape index (κ3) is 7.99. The molecule has 0 radical (unpaired) electrons. The van der Waals surface area contributed by atoms with Crippen molar-refractivity contribution in [3.63, 3.8) is 0 Å². The van der Waals surface area contributed by atoms with Crippen LogP contribution in [0.15, 0.2) is 103 Å². The molecule has 0 aliphatic heterocycles. The molecule has 39 heavy (non-hydrogen) atoms. The number of anilines is 1. The van der Waals surface area contributed by atoms with Crippen molar-refractivity contribution >= 4 is 17.6 Å². The molecule has 7 heteroatoms. The summed E-state index contributed by atoms with van der Waals surface area (Å²) in [5.74, 6) is -0.645. The van der Waals surface area contributed by atoms with E-state index in [1.165, 1.54) is 0 Å². The van der Waals surface area contributed by atoms with Gasteiger partial charge in [-0.25, -0.2) is 4.98 Å². The number of nitrogens with one attached hydrogen (secondary N) is 2. The van der Waals surface area contributed by atoms with Gasteiger partial charge in [0, 0.05) is 19.3 Å². The normalized spacial score (nSPS) is 11.6. The molecule has 1 unspecified atom stereocenters. The van der Waals surface area contributed by atoms with Gasteiger partial charge in [-0.1, -0.05) is 84.9 Å². The molecule has 200 valence electrons. The molecule has 0 saturated heterocycles. The van der Waals surface area contributed by atoms with E-state index in [1.807, 2.05) is 91.0 Å². The first-order valence-corrected chi connectivity index (χ1v) is 13.1. The number of pyridine rings is 1. The van der Waals surface area contributed by atoms with E-state index in [9.17, 15) is 9.59 Å². The standard InChI is InChI=1S/C32H34N4O3/c33-29-21-24(17-19-34-29)15-16-28(31(38)35-22-25-13-11-23(12-14-25)18-20-37)36-32(39)30(26-7-3-1-4-8-26)27-9-5-2-6-10-27/h1-14,17,19,21,28,30,37H,15-16,18,20,22H2,(H2,33,34)(H,35,38)(H,36,39). The minimum atomic E-state index is -0.754. The second-order valence-electron chi connectivity index (χ2n) is 9.45. The molecule has 1 atom stereocenters. The van der Waals surface area contributed by atoms with Gasteiger partial charge in [0.1, 0.15) is 11.9 Å². The average Bonchev–Trinajstić information content (AvgIpc) is 2.96. The van der Waals surface area contributed by atoms with Crippen LogP contribution in [0, 0.1) is 0 Å². The molecular weight excluding hydrogens is 488 g/mol. The zero-order chi connectivity index (χ0) is 27.5. The van der Waals surface area contributed by atoms with Crippen LogP contribution < -0.4 is 16.4 Å². The van der Waals surface area contributed by atoms with Crippen molar-refractivity contribution in [1.29, 1.82) is 0 Å². The summed E-state index contributed by atoms with van der Waals surface area (Å²) < 4.78 is 0. The number of rotatable bonds is 12. The molecule has 7 nitrogen and oxygen atoms in total. The number of aliphatic hydroxyl groups is 1. The fourth-order valence-electron chi connectivity index (χ4n) is 4.54. The van der Waals surface area contributed by atoms with Gasteiger partial charge in [-0.05, 0) is 59.2 Å². The third-order valence-electron chi connectivity index (χ3n) is 6.62. The maximum Gasteiger partial charge on any atom is 0.242 e. The Hall–Kier alpha value is -4.49. The lowest BCUT2D eigenvalue weighted by Gasteiger charge is -2.23. The van der Waals surface area contributed by atoms with E-state index >= 15 is 0 Å². The molecule has 0 aliphatic carbocycles. The van der Waals surface area contributed by atoms with Crippen LogP contribution in [0.4, 0.5) is 5.82 Å². The van der Waals surface area contributed by atoms with Gasteiger partial charge in [-0.2, -0.15) is 0 Å². The van der Waals surface area contributed by atoms with Crippen LogP contribution >= 0.6 is 0 Å². The van der Waals surface area contributed by atoms with Crippen LogP contribution in [-0.4, -0.2) is 34.6 Å². The van der Waals surface area contributed by atoms with Crippen LogP contribution in [0.5, 0.6) is 0 Å². The maximum absolute atomic E-state index is 13.8. The molecule has 0 bridgehead atoms. The molecular formula is C32H34N4O3. The van der Waals surface area contributed by atoms with E-state index in [1.54, 1.807) is 12.3 Å². The summed E-state index contributed by atoms with van der Waals surface area (Å²) in [5, 5.41) is 15.1. The predicted molar refractivity (Wildman–Crippen MR) is 153 cm³/mol. The highest BCUT2D eigenvalue weighted by atomic mass is 16.3. The van der Waals surface area contributed by atoms with Crippen molar-refractivity contribution in [3.8, 4) is 0 Å². The summed E-state index contributed by atoms with van der Waals surface area (Å²) >= 11 is 0. The Bertz CT molecular complexity index is 1310. The quantitative estimate of drug-likeness (QED) is 0.226. The number of benzene rings is 3. The summed E-state index contributed by atoms with van der Waals surface area (Å²) in [4.78, 5) is 31.2. The monoisotopic (exact) mass is 522 g/mol. The second kappa shape index (κ2) is 13.9. The fraction of sp³-hybridized carbons (Fsp3) is 0.219. The molecule has 5 N–H and O–H groups in total. The largest absolute Gasteiger partial charge is 0.396 e. The molecule has 0 fully saturated rings. The number of aromatic nitrogens is 1. The Morgan fingerprint density at radius 2 is 1.38 bits per heavy atom.